The molecule has 1 fully saturated rings. The predicted molar refractivity (Wildman–Crippen MR) is 107 cm³/mol. The number of nitrogens with one attached hydrogen (secondary N) is 1. The van der Waals surface area contributed by atoms with Crippen molar-refractivity contribution in [3.63, 3.8) is 0 Å². The fourth-order valence-electron chi connectivity index (χ4n) is 3.66. The number of halogens is 1. The molecule has 0 saturated heterocycles. The topological polar surface area (TPSA) is 49.4 Å². The number of amides is 2. The van der Waals surface area contributed by atoms with Crippen molar-refractivity contribution in [2.75, 3.05) is 0 Å². The van der Waals surface area contributed by atoms with Crippen molar-refractivity contribution < 1.29 is 14.0 Å². The molecule has 3 rings (SSSR count). The lowest BCUT2D eigenvalue weighted by atomic mass is 10.1. The van der Waals surface area contributed by atoms with Crippen LogP contribution in [0.2, 0.25) is 0 Å². The normalized spacial score (nSPS) is 15.2. The van der Waals surface area contributed by atoms with Crippen LogP contribution in [0.1, 0.15) is 43.7 Å². The highest BCUT2D eigenvalue weighted by molar-refractivity contribution is 5.88. The van der Waals surface area contributed by atoms with Crippen molar-refractivity contribution in [2.24, 2.45) is 0 Å². The van der Waals surface area contributed by atoms with E-state index in [2.05, 4.69) is 5.32 Å². The third-order valence-corrected chi connectivity index (χ3v) is 5.36. The van der Waals surface area contributed by atoms with E-state index in [0.29, 0.717) is 12.1 Å². The molecule has 4 nitrogen and oxygen atoms in total. The van der Waals surface area contributed by atoms with Gasteiger partial charge in [-0.3, -0.25) is 9.59 Å². The summed E-state index contributed by atoms with van der Waals surface area (Å²) in [4.78, 5) is 27.4. The molecule has 0 aromatic heterocycles. The predicted octanol–water partition coefficient (Wildman–Crippen LogP) is 3.84. The third kappa shape index (κ3) is 5.18. The number of rotatable bonds is 7. The second-order valence-corrected chi connectivity index (χ2v) is 7.44. The summed E-state index contributed by atoms with van der Waals surface area (Å²) in [6.45, 7) is 2.06. The van der Waals surface area contributed by atoms with Gasteiger partial charge in [-0.25, -0.2) is 4.39 Å². The Morgan fingerprint density at radius 2 is 1.71 bits per heavy atom. The SMILES string of the molecule is C[C@H](C(=O)NC1CCCC1)N(Cc1ccccc1)C(=O)Cc1ccccc1F. The molecular weight excluding hydrogens is 355 g/mol. The average Bonchev–Trinajstić information content (AvgIpc) is 3.21. The summed E-state index contributed by atoms with van der Waals surface area (Å²) in [5.74, 6) is -0.814. The van der Waals surface area contributed by atoms with Crippen LogP contribution in [0, 0.1) is 5.82 Å². The second-order valence-electron chi connectivity index (χ2n) is 7.44. The maximum absolute atomic E-state index is 14.0. The van der Waals surface area contributed by atoms with Gasteiger partial charge in [0.05, 0.1) is 6.42 Å². The molecule has 0 spiro atoms. The van der Waals surface area contributed by atoms with Gasteiger partial charge < -0.3 is 10.2 Å². The molecule has 1 saturated carbocycles. The van der Waals surface area contributed by atoms with Gasteiger partial charge in [0.1, 0.15) is 11.9 Å². The minimum absolute atomic E-state index is 0.0689. The van der Waals surface area contributed by atoms with Crippen molar-refractivity contribution in [3.05, 3.63) is 71.5 Å². The first-order valence-corrected chi connectivity index (χ1v) is 9.92. The van der Waals surface area contributed by atoms with Gasteiger partial charge in [-0.1, -0.05) is 61.4 Å². The van der Waals surface area contributed by atoms with E-state index in [1.54, 1.807) is 30.0 Å². The van der Waals surface area contributed by atoms with Gasteiger partial charge in [-0.2, -0.15) is 0 Å². The summed E-state index contributed by atoms with van der Waals surface area (Å²) in [6.07, 6.45) is 4.15. The fraction of sp³-hybridized carbons (Fsp3) is 0.391. The molecule has 2 aromatic carbocycles. The number of nitrogens with zero attached hydrogens (tertiary/aromatic N) is 1. The van der Waals surface area contributed by atoms with Crippen LogP contribution in [-0.4, -0.2) is 28.8 Å². The molecule has 28 heavy (non-hydrogen) atoms. The first kappa shape index (κ1) is 20.1. The first-order valence-electron chi connectivity index (χ1n) is 9.92. The highest BCUT2D eigenvalue weighted by atomic mass is 19.1. The maximum Gasteiger partial charge on any atom is 0.242 e. The van der Waals surface area contributed by atoms with E-state index in [9.17, 15) is 14.0 Å². The molecule has 1 aliphatic carbocycles. The van der Waals surface area contributed by atoms with Crippen LogP contribution >= 0.6 is 0 Å². The largest absolute Gasteiger partial charge is 0.352 e. The van der Waals surface area contributed by atoms with Crippen LogP contribution in [-0.2, 0) is 22.6 Å². The highest BCUT2D eigenvalue weighted by Crippen LogP contribution is 2.19. The van der Waals surface area contributed by atoms with Crippen LogP contribution in [0.3, 0.4) is 0 Å². The van der Waals surface area contributed by atoms with Crippen LogP contribution in [0.5, 0.6) is 0 Å². The molecule has 148 valence electrons. The summed E-state index contributed by atoms with van der Waals surface area (Å²) in [5.41, 5.74) is 1.28. The quantitative estimate of drug-likeness (QED) is 0.791. The molecule has 1 atom stereocenters. The standard InChI is InChI=1S/C23H27FN2O2/c1-17(23(28)25-20-12-6-7-13-20)26(16-18-9-3-2-4-10-18)22(27)15-19-11-5-8-14-21(19)24/h2-5,8-11,14,17,20H,6-7,12-13,15-16H2,1H3,(H,25,28)/t17-/m1/s1. The Balaban J connectivity index is 1.76. The van der Waals surface area contributed by atoms with E-state index >= 15 is 0 Å². The molecule has 2 amide bonds. The summed E-state index contributed by atoms with van der Waals surface area (Å²) < 4.78 is 14.0. The molecule has 0 unspecified atom stereocenters. The van der Waals surface area contributed by atoms with Crippen LogP contribution in [0.15, 0.2) is 54.6 Å². The Hall–Kier alpha value is -2.69. The summed E-state index contributed by atoms with van der Waals surface area (Å²) in [6, 6.07) is 15.4. The average molecular weight is 382 g/mol. The third-order valence-electron chi connectivity index (χ3n) is 5.36. The van der Waals surface area contributed by atoms with Crippen LogP contribution in [0.4, 0.5) is 4.39 Å². The van der Waals surface area contributed by atoms with Crippen molar-refractivity contribution in [2.45, 2.75) is 57.7 Å². The number of carbonyl (C=O) groups excluding carboxylic acids is 2. The molecule has 0 heterocycles. The van der Waals surface area contributed by atoms with E-state index in [1.807, 2.05) is 30.3 Å². The molecule has 0 aliphatic heterocycles. The zero-order chi connectivity index (χ0) is 19.9. The van der Waals surface area contributed by atoms with Gasteiger partial charge in [-0.05, 0) is 37.0 Å². The fourth-order valence-corrected chi connectivity index (χ4v) is 3.66. The van der Waals surface area contributed by atoms with Crippen LogP contribution < -0.4 is 5.32 Å². The zero-order valence-corrected chi connectivity index (χ0v) is 16.2. The lowest BCUT2D eigenvalue weighted by Gasteiger charge is -2.30. The molecule has 1 N–H and O–H groups in total. The van der Waals surface area contributed by atoms with E-state index in [1.165, 1.54) is 6.07 Å². The van der Waals surface area contributed by atoms with Gasteiger partial charge >= 0.3 is 0 Å². The first-order chi connectivity index (χ1) is 13.5. The summed E-state index contributed by atoms with van der Waals surface area (Å²) in [7, 11) is 0. The van der Waals surface area contributed by atoms with Crippen molar-refractivity contribution >= 4 is 11.8 Å². The summed E-state index contributed by atoms with van der Waals surface area (Å²) >= 11 is 0. The van der Waals surface area contributed by atoms with Crippen molar-refractivity contribution in [1.29, 1.82) is 0 Å². The Morgan fingerprint density at radius 1 is 1.07 bits per heavy atom. The number of benzene rings is 2. The molecule has 0 bridgehead atoms. The zero-order valence-electron chi connectivity index (χ0n) is 16.2. The summed E-state index contributed by atoms with van der Waals surface area (Å²) in [5, 5.41) is 3.07. The van der Waals surface area contributed by atoms with E-state index in [-0.39, 0.29) is 24.3 Å². The minimum Gasteiger partial charge on any atom is -0.352 e. The highest BCUT2D eigenvalue weighted by Gasteiger charge is 2.28. The van der Waals surface area contributed by atoms with Crippen molar-refractivity contribution in [3.8, 4) is 0 Å². The molecule has 5 heteroatoms. The molecular formula is C23H27FN2O2. The van der Waals surface area contributed by atoms with E-state index in [0.717, 1.165) is 31.2 Å². The minimum atomic E-state index is -0.625. The lowest BCUT2D eigenvalue weighted by molar-refractivity contribution is -0.140. The number of carbonyl (C=O) groups is 2. The van der Waals surface area contributed by atoms with Gasteiger partial charge in [0.2, 0.25) is 11.8 Å². The van der Waals surface area contributed by atoms with Crippen LogP contribution in [0.25, 0.3) is 0 Å². The maximum atomic E-state index is 14.0. The van der Waals surface area contributed by atoms with Gasteiger partial charge in [0.15, 0.2) is 0 Å². The lowest BCUT2D eigenvalue weighted by Crippen LogP contribution is -2.50. The Morgan fingerprint density at radius 3 is 2.39 bits per heavy atom. The molecule has 1 aliphatic rings. The second kappa shape index (κ2) is 9.49. The van der Waals surface area contributed by atoms with Gasteiger partial charge in [-0.15, -0.1) is 0 Å². The monoisotopic (exact) mass is 382 g/mol. The number of hydrogen-bond acceptors (Lipinski definition) is 2. The molecule has 2 aromatic rings. The molecule has 0 radical (unpaired) electrons. The number of hydrogen-bond donors (Lipinski definition) is 1. The van der Waals surface area contributed by atoms with Crippen molar-refractivity contribution in [1.82, 2.24) is 10.2 Å². The van der Waals surface area contributed by atoms with Gasteiger partial charge in [0.25, 0.3) is 0 Å². The van der Waals surface area contributed by atoms with Gasteiger partial charge in [0, 0.05) is 12.6 Å². The Labute approximate surface area is 165 Å². The Bertz CT molecular complexity index is 803. The van der Waals surface area contributed by atoms with E-state index < -0.39 is 11.9 Å². The smallest absolute Gasteiger partial charge is 0.242 e. The van der Waals surface area contributed by atoms with E-state index in [4.69, 9.17) is 0 Å². The Kier molecular flexibility index (Phi) is 6.80.